The van der Waals surface area contributed by atoms with Crippen molar-refractivity contribution < 1.29 is 19.0 Å². The molecule has 31 heavy (non-hydrogen) atoms. The van der Waals surface area contributed by atoms with E-state index in [0.717, 1.165) is 28.2 Å². The lowest BCUT2D eigenvalue weighted by molar-refractivity contribution is -0.121. The number of aryl methyl sites for hydroxylation is 1. The second kappa shape index (κ2) is 10.0. The van der Waals surface area contributed by atoms with Crippen molar-refractivity contribution >= 4 is 5.91 Å². The predicted octanol–water partition coefficient (Wildman–Crippen LogP) is 3.76. The van der Waals surface area contributed by atoms with Gasteiger partial charge in [-0.2, -0.15) is 5.10 Å². The van der Waals surface area contributed by atoms with E-state index in [-0.39, 0.29) is 5.91 Å². The Hall–Kier alpha value is -3.48. The number of hydrogen-bond acceptors (Lipinski definition) is 5. The molecule has 7 nitrogen and oxygen atoms in total. The second-order valence-corrected chi connectivity index (χ2v) is 7.21. The molecule has 0 spiro atoms. The van der Waals surface area contributed by atoms with Gasteiger partial charge in [-0.25, -0.2) is 4.68 Å². The van der Waals surface area contributed by atoms with Crippen molar-refractivity contribution in [2.75, 3.05) is 21.3 Å². The molecule has 0 saturated heterocycles. The number of amides is 1. The summed E-state index contributed by atoms with van der Waals surface area (Å²) in [5.74, 6) is 1.62. The largest absolute Gasteiger partial charge is 0.493 e. The van der Waals surface area contributed by atoms with E-state index in [0.29, 0.717) is 36.6 Å². The van der Waals surface area contributed by atoms with E-state index < -0.39 is 0 Å². The lowest BCUT2D eigenvalue weighted by Gasteiger charge is -2.14. The second-order valence-electron chi connectivity index (χ2n) is 7.21. The smallest absolute Gasteiger partial charge is 0.220 e. The Morgan fingerprint density at radius 2 is 1.65 bits per heavy atom. The van der Waals surface area contributed by atoms with E-state index in [4.69, 9.17) is 14.2 Å². The minimum atomic E-state index is -0.0278. The zero-order valence-electron chi connectivity index (χ0n) is 18.7. The Labute approximate surface area is 182 Å². The van der Waals surface area contributed by atoms with Crippen LogP contribution in [0.4, 0.5) is 0 Å². The molecule has 1 heterocycles. The molecule has 0 unspecified atom stereocenters. The van der Waals surface area contributed by atoms with Crippen LogP contribution in [0.2, 0.25) is 0 Å². The molecular formula is C24H29N3O4. The lowest BCUT2D eigenvalue weighted by Crippen LogP contribution is -2.23. The topological polar surface area (TPSA) is 74.6 Å². The summed E-state index contributed by atoms with van der Waals surface area (Å²) in [5.41, 5.74) is 4.99. The number of carbonyl (C=O) groups is 1. The summed E-state index contributed by atoms with van der Waals surface area (Å²) in [7, 11) is 4.70. The number of aromatic nitrogens is 2. The molecule has 0 radical (unpaired) electrons. The molecule has 0 aliphatic heterocycles. The van der Waals surface area contributed by atoms with E-state index in [2.05, 4.69) is 10.4 Å². The van der Waals surface area contributed by atoms with Gasteiger partial charge >= 0.3 is 0 Å². The van der Waals surface area contributed by atoms with Crippen LogP contribution >= 0.6 is 0 Å². The molecule has 3 rings (SSSR count). The monoisotopic (exact) mass is 423 g/mol. The summed E-state index contributed by atoms with van der Waals surface area (Å²) >= 11 is 0. The van der Waals surface area contributed by atoms with Crippen LogP contribution in [0.5, 0.6) is 17.2 Å². The van der Waals surface area contributed by atoms with E-state index in [1.54, 1.807) is 21.3 Å². The van der Waals surface area contributed by atoms with Gasteiger partial charge in [0.25, 0.3) is 0 Å². The number of para-hydroxylation sites is 1. The summed E-state index contributed by atoms with van der Waals surface area (Å²) < 4.78 is 18.0. The standard InChI is InChI=1S/C24H29N3O4/c1-16-20(17(2)27(26-16)19-9-7-6-8-10-19)11-12-23(28)25-15-18-13-21(29-3)24(31-5)22(14-18)30-4/h6-10,13-14H,11-12,15H2,1-5H3,(H,25,28). The Morgan fingerprint density at radius 3 is 2.23 bits per heavy atom. The summed E-state index contributed by atoms with van der Waals surface area (Å²) in [6, 6.07) is 13.7. The summed E-state index contributed by atoms with van der Waals surface area (Å²) in [6.07, 6.45) is 1.01. The van der Waals surface area contributed by atoms with Gasteiger partial charge in [-0.15, -0.1) is 0 Å². The number of methoxy groups -OCH3 is 3. The zero-order chi connectivity index (χ0) is 22.4. The maximum atomic E-state index is 12.5. The molecule has 0 fully saturated rings. The number of ether oxygens (including phenoxy) is 3. The Bertz CT molecular complexity index is 1020. The summed E-state index contributed by atoms with van der Waals surface area (Å²) in [4.78, 5) is 12.5. The molecule has 2 aromatic carbocycles. The first-order valence-electron chi connectivity index (χ1n) is 10.1. The van der Waals surface area contributed by atoms with Crippen molar-refractivity contribution in [2.24, 2.45) is 0 Å². The van der Waals surface area contributed by atoms with Crippen LogP contribution in [-0.2, 0) is 17.8 Å². The average molecular weight is 424 g/mol. The van der Waals surface area contributed by atoms with Crippen LogP contribution in [0.1, 0.15) is 28.9 Å². The van der Waals surface area contributed by atoms with Crippen molar-refractivity contribution in [3.63, 3.8) is 0 Å². The molecule has 1 N–H and O–H groups in total. The fourth-order valence-corrected chi connectivity index (χ4v) is 3.62. The Balaban J connectivity index is 1.63. The summed E-state index contributed by atoms with van der Waals surface area (Å²) in [5, 5.41) is 7.62. The first-order chi connectivity index (χ1) is 15.0. The average Bonchev–Trinajstić information content (AvgIpc) is 3.09. The fraction of sp³-hybridized carbons (Fsp3) is 0.333. The summed E-state index contributed by atoms with van der Waals surface area (Å²) in [6.45, 7) is 4.39. The van der Waals surface area contributed by atoms with E-state index >= 15 is 0 Å². The number of benzene rings is 2. The molecule has 1 aromatic heterocycles. The molecule has 0 saturated carbocycles. The highest BCUT2D eigenvalue weighted by Crippen LogP contribution is 2.38. The van der Waals surface area contributed by atoms with Crippen molar-refractivity contribution in [3.05, 3.63) is 65.0 Å². The fourth-order valence-electron chi connectivity index (χ4n) is 3.62. The highest BCUT2D eigenvalue weighted by Gasteiger charge is 2.16. The maximum Gasteiger partial charge on any atom is 0.220 e. The highest BCUT2D eigenvalue weighted by molar-refractivity contribution is 5.76. The molecule has 164 valence electrons. The number of nitrogens with zero attached hydrogens (tertiary/aromatic N) is 2. The third-order valence-electron chi connectivity index (χ3n) is 5.26. The Kier molecular flexibility index (Phi) is 7.18. The third kappa shape index (κ3) is 4.99. The van der Waals surface area contributed by atoms with Gasteiger partial charge < -0.3 is 19.5 Å². The predicted molar refractivity (Wildman–Crippen MR) is 119 cm³/mol. The van der Waals surface area contributed by atoms with Crippen LogP contribution in [0, 0.1) is 13.8 Å². The molecule has 0 bridgehead atoms. The van der Waals surface area contributed by atoms with E-state index in [1.165, 1.54) is 0 Å². The molecule has 1 amide bonds. The minimum absolute atomic E-state index is 0.0278. The van der Waals surface area contributed by atoms with Gasteiger partial charge in [-0.3, -0.25) is 4.79 Å². The van der Waals surface area contributed by atoms with Gasteiger partial charge in [0.1, 0.15) is 0 Å². The minimum Gasteiger partial charge on any atom is -0.493 e. The van der Waals surface area contributed by atoms with Crippen LogP contribution in [0.15, 0.2) is 42.5 Å². The molecule has 0 aliphatic carbocycles. The van der Waals surface area contributed by atoms with Gasteiger partial charge in [0.2, 0.25) is 11.7 Å². The van der Waals surface area contributed by atoms with Crippen LogP contribution < -0.4 is 19.5 Å². The van der Waals surface area contributed by atoms with E-state index in [1.807, 2.05) is 61.0 Å². The SMILES string of the molecule is COc1cc(CNC(=O)CCc2c(C)nn(-c3ccccc3)c2C)cc(OC)c1OC. The first-order valence-corrected chi connectivity index (χ1v) is 10.1. The number of hydrogen-bond donors (Lipinski definition) is 1. The van der Waals surface area contributed by atoms with E-state index in [9.17, 15) is 4.79 Å². The van der Waals surface area contributed by atoms with Crippen molar-refractivity contribution in [3.8, 4) is 22.9 Å². The van der Waals surface area contributed by atoms with Crippen molar-refractivity contribution in [1.29, 1.82) is 0 Å². The third-order valence-corrected chi connectivity index (χ3v) is 5.26. The first kappa shape index (κ1) is 22.2. The normalized spacial score (nSPS) is 10.6. The number of nitrogens with one attached hydrogen (secondary N) is 1. The highest BCUT2D eigenvalue weighted by atomic mass is 16.5. The van der Waals surface area contributed by atoms with Crippen molar-refractivity contribution in [1.82, 2.24) is 15.1 Å². The quantitative estimate of drug-likeness (QED) is 0.567. The van der Waals surface area contributed by atoms with Crippen LogP contribution in [0.25, 0.3) is 5.69 Å². The van der Waals surface area contributed by atoms with Gasteiger partial charge in [0.05, 0.1) is 32.7 Å². The van der Waals surface area contributed by atoms with Gasteiger partial charge in [0, 0.05) is 18.7 Å². The zero-order valence-corrected chi connectivity index (χ0v) is 18.7. The van der Waals surface area contributed by atoms with Gasteiger partial charge in [-0.05, 0) is 55.7 Å². The molecular weight excluding hydrogens is 394 g/mol. The van der Waals surface area contributed by atoms with Crippen LogP contribution in [0.3, 0.4) is 0 Å². The number of carbonyl (C=O) groups excluding carboxylic acids is 1. The van der Waals surface area contributed by atoms with Gasteiger partial charge in [-0.1, -0.05) is 18.2 Å². The lowest BCUT2D eigenvalue weighted by atomic mass is 10.1. The molecule has 3 aromatic rings. The van der Waals surface area contributed by atoms with Crippen LogP contribution in [-0.4, -0.2) is 37.0 Å². The molecule has 0 aliphatic rings. The Morgan fingerprint density at radius 1 is 1.00 bits per heavy atom. The number of rotatable bonds is 9. The van der Waals surface area contributed by atoms with Gasteiger partial charge in [0.15, 0.2) is 11.5 Å². The van der Waals surface area contributed by atoms with Crippen molar-refractivity contribution in [2.45, 2.75) is 33.2 Å². The molecule has 7 heteroatoms. The maximum absolute atomic E-state index is 12.5. The molecule has 0 atom stereocenters.